The lowest BCUT2D eigenvalue weighted by molar-refractivity contribution is -0.137. The van der Waals surface area contributed by atoms with Crippen LogP contribution in [0.1, 0.15) is 17.5 Å². The van der Waals surface area contributed by atoms with E-state index in [2.05, 4.69) is 20.6 Å². The Bertz CT molecular complexity index is 752. The monoisotopic (exact) mass is 475 g/mol. The van der Waals surface area contributed by atoms with Crippen LogP contribution in [-0.2, 0) is 12.6 Å². The summed E-state index contributed by atoms with van der Waals surface area (Å²) in [5.41, 5.74) is 6.21. The number of benzene rings is 1. The lowest BCUT2D eigenvalue weighted by Gasteiger charge is -2.08. The molecule has 10 heteroatoms. The normalized spacial score (nSPS) is 11.5. The number of aromatic nitrogens is 1. The van der Waals surface area contributed by atoms with Crippen LogP contribution >= 0.6 is 17.0 Å². The Morgan fingerprint density at radius 3 is 2.45 bits per heavy atom. The molecular weight excluding hydrogens is 451 g/mol. The Morgan fingerprint density at radius 2 is 1.86 bits per heavy atom. The maximum atomic E-state index is 12.5. The molecule has 1 aromatic heterocycles. The number of pyridine rings is 1. The van der Waals surface area contributed by atoms with Crippen molar-refractivity contribution in [3.63, 3.8) is 0 Å². The standard InChI is InChI=1S/C19H24F3N5O.BrH/c1-28-16-6-3-14(4-7-16)9-12-26-18(23)25-11-2-10-24-17-8-5-15(13-27-17)19(20,21)22;/h3-8,13H,2,9-12H2,1H3,(H,24,27)(H3,23,25,26);1H. The smallest absolute Gasteiger partial charge is 0.417 e. The highest BCUT2D eigenvalue weighted by Gasteiger charge is 2.30. The molecule has 0 aliphatic heterocycles. The van der Waals surface area contributed by atoms with E-state index in [9.17, 15) is 13.2 Å². The number of alkyl halides is 3. The Labute approximate surface area is 178 Å². The van der Waals surface area contributed by atoms with Gasteiger partial charge < -0.3 is 21.1 Å². The second kappa shape index (κ2) is 12.2. The van der Waals surface area contributed by atoms with Gasteiger partial charge in [-0.15, -0.1) is 17.0 Å². The zero-order valence-corrected chi connectivity index (χ0v) is 17.7. The molecule has 2 rings (SSSR count). The molecular formula is C19H25BrF3N5O. The van der Waals surface area contributed by atoms with E-state index in [0.717, 1.165) is 30.0 Å². The van der Waals surface area contributed by atoms with Crippen molar-refractivity contribution in [1.82, 2.24) is 10.3 Å². The Kier molecular flexibility index (Phi) is 10.3. The van der Waals surface area contributed by atoms with Crippen LogP contribution in [0, 0.1) is 0 Å². The van der Waals surface area contributed by atoms with Gasteiger partial charge in [0, 0.05) is 25.8 Å². The predicted molar refractivity (Wildman–Crippen MR) is 114 cm³/mol. The fourth-order valence-electron chi connectivity index (χ4n) is 2.34. The predicted octanol–water partition coefficient (Wildman–Crippen LogP) is 3.64. The second-order valence-corrected chi connectivity index (χ2v) is 6.00. The van der Waals surface area contributed by atoms with Gasteiger partial charge in [0.15, 0.2) is 5.96 Å². The molecule has 0 spiro atoms. The number of guanidine groups is 1. The Hall–Kier alpha value is -2.49. The molecule has 0 saturated carbocycles. The van der Waals surface area contributed by atoms with Gasteiger partial charge in [-0.1, -0.05) is 12.1 Å². The summed E-state index contributed by atoms with van der Waals surface area (Å²) in [7, 11) is 1.63. The zero-order chi connectivity index (χ0) is 20.4. The first-order valence-electron chi connectivity index (χ1n) is 8.82. The number of halogens is 4. The molecule has 0 radical (unpaired) electrons. The van der Waals surface area contributed by atoms with E-state index < -0.39 is 11.7 Å². The SMILES string of the molecule is Br.COc1ccc(CCNC(N)=NCCCNc2ccc(C(F)(F)F)cn2)cc1. The number of nitrogens with zero attached hydrogens (tertiary/aromatic N) is 2. The van der Waals surface area contributed by atoms with E-state index in [0.29, 0.717) is 37.8 Å². The van der Waals surface area contributed by atoms with Gasteiger partial charge in [0.25, 0.3) is 0 Å². The summed E-state index contributed by atoms with van der Waals surface area (Å²) in [6, 6.07) is 10.1. The number of nitrogens with one attached hydrogen (secondary N) is 2. The fraction of sp³-hybridized carbons (Fsp3) is 0.368. The van der Waals surface area contributed by atoms with Gasteiger partial charge in [0.1, 0.15) is 11.6 Å². The molecule has 0 aliphatic carbocycles. The number of methoxy groups -OCH3 is 1. The van der Waals surface area contributed by atoms with Crippen molar-refractivity contribution in [3.8, 4) is 5.75 Å². The number of hydrogen-bond donors (Lipinski definition) is 3. The lowest BCUT2D eigenvalue weighted by atomic mass is 10.1. The number of rotatable bonds is 9. The van der Waals surface area contributed by atoms with Crippen LogP contribution in [-0.4, -0.2) is 37.7 Å². The fourth-order valence-corrected chi connectivity index (χ4v) is 2.34. The van der Waals surface area contributed by atoms with Crippen molar-refractivity contribution in [2.75, 3.05) is 32.1 Å². The number of aliphatic imine (C=N–C) groups is 1. The number of anilines is 1. The van der Waals surface area contributed by atoms with Crippen LogP contribution in [0.15, 0.2) is 47.6 Å². The molecule has 4 N–H and O–H groups in total. The Balaban J connectivity index is 0.00000420. The van der Waals surface area contributed by atoms with E-state index in [1.165, 1.54) is 6.07 Å². The Morgan fingerprint density at radius 1 is 1.14 bits per heavy atom. The van der Waals surface area contributed by atoms with E-state index in [1.54, 1.807) is 7.11 Å². The number of nitrogens with two attached hydrogens (primary N) is 1. The maximum absolute atomic E-state index is 12.5. The highest BCUT2D eigenvalue weighted by molar-refractivity contribution is 8.93. The summed E-state index contributed by atoms with van der Waals surface area (Å²) in [5.74, 6) is 1.57. The molecule has 0 amide bonds. The first-order chi connectivity index (χ1) is 13.4. The van der Waals surface area contributed by atoms with Gasteiger partial charge in [-0.25, -0.2) is 4.98 Å². The van der Waals surface area contributed by atoms with E-state index in [-0.39, 0.29) is 17.0 Å². The maximum Gasteiger partial charge on any atom is 0.417 e. The topological polar surface area (TPSA) is 84.6 Å². The van der Waals surface area contributed by atoms with Crippen LogP contribution in [0.4, 0.5) is 19.0 Å². The van der Waals surface area contributed by atoms with Crippen LogP contribution < -0.4 is 21.1 Å². The van der Waals surface area contributed by atoms with E-state index in [4.69, 9.17) is 10.5 Å². The molecule has 0 unspecified atom stereocenters. The van der Waals surface area contributed by atoms with Crippen molar-refractivity contribution in [1.29, 1.82) is 0 Å². The first kappa shape index (κ1) is 24.5. The zero-order valence-electron chi connectivity index (χ0n) is 16.0. The summed E-state index contributed by atoms with van der Waals surface area (Å²) in [5, 5.41) is 6.00. The van der Waals surface area contributed by atoms with Crippen LogP contribution in [0.5, 0.6) is 5.75 Å². The summed E-state index contributed by atoms with van der Waals surface area (Å²) in [6.45, 7) is 1.69. The van der Waals surface area contributed by atoms with Gasteiger partial charge in [0.2, 0.25) is 0 Å². The van der Waals surface area contributed by atoms with Crippen molar-refractivity contribution >= 4 is 28.8 Å². The summed E-state index contributed by atoms with van der Waals surface area (Å²) < 4.78 is 42.5. The summed E-state index contributed by atoms with van der Waals surface area (Å²) in [6.07, 6.45) is -2.09. The molecule has 0 fully saturated rings. The number of hydrogen-bond acceptors (Lipinski definition) is 4. The molecule has 1 aromatic carbocycles. The molecule has 160 valence electrons. The van der Waals surface area contributed by atoms with Gasteiger partial charge in [-0.3, -0.25) is 4.99 Å². The molecule has 1 heterocycles. The molecule has 2 aromatic rings. The third kappa shape index (κ3) is 9.03. The van der Waals surface area contributed by atoms with Crippen molar-refractivity contribution in [2.45, 2.75) is 19.0 Å². The highest BCUT2D eigenvalue weighted by atomic mass is 79.9. The number of ether oxygens (including phenoxy) is 1. The first-order valence-corrected chi connectivity index (χ1v) is 8.82. The molecule has 0 aliphatic rings. The minimum Gasteiger partial charge on any atom is -0.497 e. The van der Waals surface area contributed by atoms with Crippen molar-refractivity contribution in [2.24, 2.45) is 10.7 Å². The van der Waals surface area contributed by atoms with Gasteiger partial charge in [0.05, 0.1) is 12.7 Å². The molecule has 0 bridgehead atoms. The van der Waals surface area contributed by atoms with Gasteiger partial charge >= 0.3 is 6.18 Å². The average Bonchev–Trinajstić information content (AvgIpc) is 2.68. The third-order valence-corrected chi connectivity index (χ3v) is 3.89. The van der Waals surface area contributed by atoms with Crippen molar-refractivity contribution < 1.29 is 17.9 Å². The molecule has 6 nitrogen and oxygen atoms in total. The third-order valence-electron chi connectivity index (χ3n) is 3.89. The minimum absolute atomic E-state index is 0. The lowest BCUT2D eigenvalue weighted by Crippen LogP contribution is -2.33. The summed E-state index contributed by atoms with van der Waals surface area (Å²) in [4.78, 5) is 7.96. The quantitative estimate of drug-likeness (QED) is 0.293. The van der Waals surface area contributed by atoms with Gasteiger partial charge in [-0.05, 0) is 42.7 Å². The van der Waals surface area contributed by atoms with E-state index in [1.807, 2.05) is 24.3 Å². The van der Waals surface area contributed by atoms with Crippen molar-refractivity contribution in [3.05, 3.63) is 53.7 Å². The highest BCUT2D eigenvalue weighted by Crippen LogP contribution is 2.28. The minimum atomic E-state index is -4.38. The second-order valence-electron chi connectivity index (χ2n) is 6.00. The van der Waals surface area contributed by atoms with E-state index >= 15 is 0 Å². The summed E-state index contributed by atoms with van der Waals surface area (Å²) >= 11 is 0. The van der Waals surface area contributed by atoms with Gasteiger partial charge in [-0.2, -0.15) is 13.2 Å². The molecule has 0 atom stereocenters. The molecule has 0 saturated heterocycles. The van der Waals surface area contributed by atoms with Crippen LogP contribution in [0.2, 0.25) is 0 Å². The molecule has 29 heavy (non-hydrogen) atoms. The largest absolute Gasteiger partial charge is 0.497 e. The van der Waals surface area contributed by atoms with Crippen LogP contribution in [0.3, 0.4) is 0 Å². The average molecular weight is 476 g/mol. The van der Waals surface area contributed by atoms with Crippen LogP contribution in [0.25, 0.3) is 0 Å².